The fraction of sp³-hybridized carbons (Fsp3) is 0.471. The van der Waals surface area contributed by atoms with Crippen LogP contribution in [0.5, 0.6) is 0 Å². The number of carbonyl (C=O) groups excluding carboxylic acids is 2. The molecule has 7 nitrogen and oxygen atoms in total. The molecule has 3 fully saturated rings. The first-order valence-electron chi connectivity index (χ1n) is 8.57. The lowest BCUT2D eigenvalue weighted by Crippen LogP contribution is -2.68. The predicted molar refractivity (Wildman–Crippen MR) is 92.7 cm³/mol. The van der Waals surface area contributed by atoms with Crippen LogP contribution in [0.25, 0.3) is 5.52 Å². The molecule has 8 heteroatoms. The van der Waals surface area contributed by atoms with Crippen LogP contribution in [0.4, 0.5) is 10.5 Å². The van der Waals surface area contributed by atoms with E-state index in [0.717, 1.165) is 30.5 Å². The van der Waals surface area contributed by atoms with Crippen LogP contribution in [0.2, 0.25) is 5.02 Å². The van der Waals surface area contributed by atoms with Crippen LogP contribution in [-0.2, 0) is 4.79 Å². The van der Waals surface area contributed by atoms with Gasteiger partial charge in [0, 0.05) is 31.1 Å². The number of hydrogen-bond donors (Lipinski definition) is 2. The van der Waals surface area contributed by atoms with Crippen molar-refractivity contribution in [1.29, 1.82) is 0 Å². The third kappa shape index (κ3) is 2.02. The number of urea groups is 1. The topological polar surface area (TPSA) is 78.7 Å². The second kappa shape index (κ2) is 5.11. The predicted octanol–water partition coefficient (Wildman–Crippen LogP) is 1.80. The summed E-state index contributed by atoms with van der Waals surface area (Å²) < 4.78 is 1.92. The molecule has 2 N–H and O–H groups in total. The third-order valence-electron chi connectivity index (χ3n) is 6.00. The van der Waals surface area contributed by atoms with E-state index in [-0.39, 0.29) is 23.8 Å². The molecule has 5 rings (SSSR count). The van der Waals surface area contributed by atoms with Gasteiger partial charge >= 0.3 is 6.03 Å². The first-order chi connectivity index (χ1) is 12.1. The van der Waals surface area contributed by atoms with Crippen LogP contribution in [0, 0.1) is 11.8 Å². The fourth-order valence-electron chi connectivity index (χ4n) is 4.96. The van der Waals surface area contributed by atoms with Crippen molar-refractivity contribution in [3.63, 3.8) is 0 Å². The molecule has 2 unspecified atom stereocenters. The number of nitrogens with zero attached hydrogens (tertiary/aromatic N) is 3. The molecule has 2 bridgehead atoms. The van der Waals surface area contributed by atoms with E-state index in [0.29, 0.717) is 18.1 Å². The Balaban J connectivity index is 1.56. The highest BCUT2D eigenvalue weighted by Crippen LogP contribution is 2.46. The Morgan fingerprint density at radius 1 is 1.24 bits per heavy atom. The largest absolute Gasteiger partial charge is 0.369 e. The van der Waals surface area contributed by atoms with Crippen molar-refractivity contribution in [2.75, 3.05) is 18.0 Å². The van der Waals surface area contributed by atoms with Crippen molar-refractivity contribution in [2.24, 2.45) is 11.8 Å². The molecule has 1 saturated carbocycles. The molecule has 2 aromatic heterocycles. The number of pyridine rings is 1. The number of carbonyl (C=O) groups is 2. The zero-order valence-corrected chi connectivity index (χ0v) is 14.3. The Bertz CT molecular complexity index is 880. The van der Waals surface area contributed by atoms with E-state index >= 15 is 0 Å². The highest BCUT2D eigenvalue weighted by atomic mass is 35.5. The van der Waals surface area contributed by atoms with Gasteiger partial charge < -0.3 is 14.6 Å². The highest BCUT2D eigenvalue weighted by molar-refractivity contribution is 6.31. The number of amides is 3. The number of hydrogen-bond acceptors (Lipinski definition) is 4. The summed E-state index contributed by atoms with van der Waals surface area (Å²) in [6.45, 7) is 1.43. The summed E-state index contributed by atoms with van der Waals surface area (Å²) in [6.07, 6.45) is 8.35. The quantitative estimate of drug-likeness (QED) is 0.761. The van der Waals surface area contributed by atoms with Crippen molar-refractivity contribution >= 4 is 34.7 Å². The number of piperidine rings is 1. The number of imide groups is 1. The monoisotopic (exact) mass is 359 g/mol. The Kier molecular flexibility index (Phi) is 3.07. The first-order valence-corrected chi connectivity index (χ1v) is 8.95. The Morgan fingerprint density at radius 3 is 2.68 bits per heavy atom. The molecule has 0 aromatic carbocycles. The molecule has 25 heavy (non-hydrogen) atoms. The van der Waals surface area contributed by atoms with E-state index in [9.17, 15) is 9.59 Å². The van der Waals surface area contributed by atoms with E-state index in [4.69, 9.17) is 11.6 Å². The van der Waals surface area contributed by atoms with Crippen molar-refractivity contribution in [1.82, 2.24) is 20.0 Å². The Hall–Kier alpha value is -2.28. The third-order valence-corrected chi connectivity index (χ3v) is 6.21. The number of nitrogens with one attached hydrogen (secondary N) is 2. The van der Waals surface area contributed by atoms with Gasteiger partial charge in [0.2, 0.25) is 0 Å². The lowest BCUT2D eigenvalue weighted by molar-refractivity contribution is -0.130. The number of rotatable bonds is 1. The van der Waals surface area contributed by atoms with Crippen LogP contribution < -0.4 is 15.5 Å². The summed E-state index contributed by atoms with van der Waals surface area (Å²) in [7, 11) is 0. The summed E-state index contributed by atoms with van der Waals surface area (Å²) in [6, 6.07) is 1.59. The maximum Gasteiger partial charge on any atom is 0.322 e. The van der Waals surface area contributed by atoms with Gasteiger partial charge in [0.05, 0.1) is 28.8 Å². The molecule has 1 spiro atoms. The summed E-state index contributed by atoms with van der Waals surface area (Å²) in [4.78, 5) is 30.9. The fourth-order valence-corrected chi connectivity index (χ4v) is 5.17. The van der Waals surface area contributed by atoms with Gasteiger partial charge in [-0.05, 0) is 18.9 Å². The zero-order chi connectivity index (χ0) is 17.2. The molecule has 130 valence electrons. The molecule has 2 aliphatic heterocycles. The highest BCUT2D eigenvalue weighted by Gasteiger charge is 2.60. The Labute approximate surface area is 149 Å². The van der Waals surface area contributed by atoms with Crippen LogP contribution >= 0.6 is 11.6 Å². The van der Waals surface area contributed by atoms with E-state index in [2.05, 4.69) is 20.5 Å². The van der Waals surface area contributed by atoms with Gasteiger partial charge in [-0.1, -0.05) is 18.0 Å². The molecule has 2 atom stereocenters. The van der Waals surface area contributed by atoms with Gasteiger partial charge in [-0.3, -0.25) is 10.1 Å². The van der Waals surface area contributed by atoms with E-state index in [1.54, 1.807) is 6.33 Å². The zero-order valence-electron chi connectivity index (χ0n) is 13.5. The summed E-state index contributed by atoms with van der Waals surface area (Å²) >= 11 is 6.29. The van der Waals surface area contributed by atoms with Gasteiger partial charge in [-0.2, -0.15) is 0 Å². The first kappa shape index (κ1) is 15.0. The molecule has 4 heterocycles. The lowest BCUT2D eigenvalue weighted by atomic mass is 9.63. The minimum Gasteiger partial charge on any atom is -0.369 e. The van der Waals surface area contributed by atoms with Gasteiger partial charge in [0.1, 0.15) is 5.54 Å². The van der Waals surface area contributed by atoms with Gasteiger partial charge in [-0.15, -0.1) is 0 Å². The minimum absolute atomic E-state index is 0.0911. The van der Waals surface area contributed by atoms with E-state index in [1.165, 1.54) is 0 Å². The van der Waals surface area contributed by atoms with Gasteiger partial charge in [0.25, 0.3) is 5.91 Å². The molecule has 0 radical (unpaired) electrons. The minimum atomic E-state index is -0.749. The molecule has 2 saturated heterocycles. The van der Waals surface area contributed by atoms with Crippen molar-refractivity contribution in [2.45, 2.75) is 24.8 Å². The molecular weight excluding hydrogens is 342 g/mol. The van der Waals surface area contributed by atoms with Gasteiger partial charge in [0.15, 0.2) is 0 Å². The van der Waals surface area contributed by atoms with Crippen LogP contribution in [0.3, 0.4) is 0 Å². The number of anilines is 1. The normalized spacial score (nSPS) is 31.5. The summed E-state index contributed by atoms with van der Waals surface area (Å²) in [5, 5.41) is 6.07. The van der Waals surface area contributed by atoms with Crippen LogP contribution in [0.15, 0.2) is 24.8 Å². The standard InChI is InChI=1S/C17H18ClN5O2/c18-12-4-13(14-5-19-9-23(14)8-12)22-6-10-2-1-3-11(7-22)17(10)15(24)20-16(25)21-17/h4-5,8-11H,1-3,6-7H2,(H2,20,21,24,25). The molecular formula is C17H18ClN5O2. The average molecular weight is 360 g/mol. The second-order valence-electron chi connectivity index (χ2n) is 7.24. The van der Waals surface area contributed by atoms with Crippen LogP contribution in [-0.4, -0.2) is 40.0 Å². The molecule has 3 amide bonds. The van der Waals surface area contributed by atoms with Crippen molar-refractivity contribution in [3.05, 3.63) is 29.8 Å². The van der Waals surface area contributed by atoms with Crippen molar-refractivity contribution < 1.29 is 9.59 Å². The number of fused-ring (bicyclic) bond motifs is 1. The second-order valence-corrected chi connectivity index (χ2v) is 7.67. The smallest absolute Gasteiger partial charge is 0.322 e. The van der Waals surface area contributed by atoms with E-state index < -0.39 is 5.54 Å². The maximum atomic E-state index is 12.6. The van der Waals surface area contributed by atoms with Gasteiger partial charge in [-0.25, -0.2) is 9.78 Å². The summed E-state index contributed by atoms with van der Waals surface area (Å²) in [5.74, 6) is 0.0225. The average Bonchev–Trinajstić information content (AvgIpc) is 3.11. The number of aromatic nitrogens is 2. The maximum absolute atomic E-state index is 12.6. The Morgan fingerprint density at radius 2 is 2.00 bits per heavy atom. The van der Waals surface area contributed by atoms with Crippen molar-refractivity contribution in [3.8, 4) is 0 Å². The lowest BCUT2D eigenvalue weighted by Gasteiger charge is -2.52. The number of halogens is 1. The summed E-state index contributed by atoms with van der Waals surface area (Å²) in [5.41, 5.74) is 1.28. The molecule has 1 aliphatic carbocycles. The SMILES string of the molecule is O=C1NC(=O)C2(N1)C1CCCC2CN(c2cc(Cl)cn3cncc23)C1. The molecule has 2 aromatic rings. The van der Waals surface area contributed by atoms with E-state index in [1.807, 2.05) is 22.9 Å². The molecule has 3 aliphatic rings. The number of imidazole rings is 1. The van der Waals surface area contributed by atoms with Crippen LogP contribution in [0.1, 0.15) is 19.3 Å².